The molecule has 1 amide bonds. The summed E-state index contributed by atoms with van der Waals surface area (Å²) in [4.78, 5) is 24.6. The van der Waals surface area contributed by atoms with E-state index in [-0.39, 0.29) is 18.4 Å². The molecule has 0 aliphatic rings. The number of methoxy groups -OCH3 is 1. The molecule has 1 aromatic carbocycles. The van der Waals surface area contributed by atoms with Crippen LogP contribution in [-0.4, -0.2) is 48.7 Å². The van der Waals surface area contributed by atoms with Crippen LogP contribution in [0, 0.1) is 0 Å². The van der Waals surface area contributed by atoms with Gasteiger partial charge in [0.1, 0.15) is 0 Å². The molecule has 5 nitrogen and oxygen atoms in total. The first-order valence-electron chi connectivity index (χ1n) is 6.03. The summed E-state index contributed by atoms with van der Waals surface area (Å²) >= 11 is 0. The lowest BCUT2D eigenvalue weighted by Gasteiger charge is -2.21. The first-order valence-corrected chi connectivity index (χ1v) is 6.03. The molecular formula is C14H19NO4. The Kier molecular flexibility index (Phi) is 5.51. The predicted molar refractivity (Wildman–Crippen MR) is 71.2 cm³/mol. The monoisotopic (exact) mass is 265 g/mol. The normalized spacial score (nSPS) is 11.9. The van der Waals surface area contributed by atoms with E-state index in [9.17, 15) is 9.59 Å². The number of hydrogen-bond donors (Lipinski definition) is 1. The molecule has 0 heterocycles. The van der Waals surface area contributed by atoms with Crippen molar-refractivity contribution in [2.45, 2.75) is 19.4 Å². The van der Waals surface area contributed by atoms with Gasteiger partial charge in [-0.3, -0.25) is 9.59 Å². The Bertz CT molecular complexity index is 459. The van der Waals surface area contributed by atoms with Crippen molar-refractivity contribution in [3.8, 4) is 0 Å². The quantitative estimate of drug-likeness (QED) is 0.844. The minimum Gasteiger partial charge on any atom is -0.481 e. The van der Waals surface area contributed by atoms with Crippen LogP contribution in [0.1, 0.15) is 22.8 Å². The predicted octanol–water partition coefficient (Wildman–Crippen LogP) is 1.42. The minimum atomic E-state index is -0.951. The maximum atomic E-state index is 12.3. The molecule has 0 aliphatic carbocycles. The molecule has 0 aromatic heterocycles. The van der Waals surface area contributed by atoms with E-state index in [0.29, 0.717) is 17.7 Å². The summed E-state index contributed by atoms with van der Waals surface area (Å²) in [5.74, 6) is -1.14. The highest BCUT2D eigenvalue weighted by atomic mass is 16.5. The second kappa shape index (κ2) is 6.89. The first-order chi connectivity index (χ1) is 8.95. The average Bonchev–Trinajstić information content (AvgIpc) is 2.37. The van der Waals surface area contributed by atoms with Crippen LogP contribution in [0.15, 0.2) is 24.3 Å². The van der Waals surface area contributed by atoms with Gasteiger partial charge in [-0.1, -0.05) is 18.2 Å². The van der Waals surface area contributed by atoms with Crippen LogP contribution in [0.2, 0.25) is 0 Å². The minimum absolute atomic E-state index is 0.0689. The van der Waals surface area contributed by atoms with Gasteiger partial charge in [-0.15, -0.1) is 0 Å². The summed E-state index contributed by atoms with van der Waals surface area (Å²) in [6, 6.07) is 6.77. The second-order valence-electron chi connectivity index (χ2n) is 4.46. The second-order valence-corrected chi connectivity index (χ2v) is 4.46. The van der Waals surface area contributed by atoms with Crippen molar-refractivity contribution in [1.29, 1.82) is 0 Å². The largest absolute Gasteiger partial charge is 0.481 e. The van der Waals surface area contributed by atoms with Gasteiger partial charge in [-0.25, -0.2) is 0 Å². The van der Waals surface area contributed by atoms with Crippen LogP contribution in [0.5, 0.6) is 0 Å². The van der Waals surface area contributed by atoms with E-state index >= 15 is 0 Å². The fourth-order valence-corrected chi connectivity index (χ4v) is 1.79. The zero-order valence-electron chi connectivity index (χ0n) is 11.4. The molecule has 1 rings (SSSR count). The maximum absolute atomic E-state index is 12.3. The van der Waals surface area contributed by atoms with E-state index in [4.69, 9.17) is 9.84 Å². The Morgan fingerprint density at radius 1 is 1.37 bits per heavy atom. The third-order valence-electron chi connectivity index (χ3n) is 2.87. The number of benzene rings is 1. The van der Waals surface area contributed by atoms with Gasteiger partial charge >= 0.3 is 5.97 Å². The number of likely N-dealkylation sites (N-methyl/N-ethyl adjacent to an activating group) is 1. The molecule has 19 heavy (non-hydrogen) atoms. The standard InChI is InChI=1S/C14H19NO4/c1-10(19-3)9-15(2)14(18)12-7-5-4-6-11(12)8-13(16)17/h4-7,10H,8-9H2,1-3H3,(H,16,17). The van der Waals surface area contributed by atoms with Crippen molar-refractivity contribution in [2.24, 2.45) is 0 Å². The summed E-state index contributed by atoms with van der Waals surface area (Å²) in [5, 5.41) is 8.85. The molecule has 1 atom stereocenters. The number of hydrogen-bond acceptors (Lipinski definition) is 3. The van der Waals surface area contributed by atoms with Crippen LogP contribution in [0.25, 0.3) is 0 Å². The van der Waals surface area contributed by atoms with Gasteiger partial charge in [-0.05, 0) is 18.6 Å². The molecule has 0 saturated carbocycles. The van der Waals surface area contributed by atoms with Crippen molar-refractivity contribution >= 4 is 11.9 Å². The Morgan fingerprint density at radius 2 is 2.00 bits per heavy atom. The van der Waals surface area contributed by atoms with E-state index in [2.05, 4.69) is 0 Å². The van der Waals surface area contributed by atoms with Crippen LogP contribution < -0.4 is 0 Å². The number of carbonyl (C=O) groups is 2. The SMILES string of the molecule is COC(C)CN(C)C(=O)c1ccccc1CC(=O)O. The number of rotatable bonds is 6. The molecule has 0 aliphatic heterocycles. The van der Waals surface area contributed by atoms with Crippen molar-refractivity contribution < 1.29 is 19.4 Å². The third-order valence-corrected chi connectivity index (χ3v) is 2.87. The van der Waals surface area contributed by atoms with E-state index in [1.165, 1.54) is 4.90 Å². The van der Waals surface area contributed by atoms with Gasteiger partial charge in [0, 0.05) is 26.3 Å². The number of carbonyl (C=O) groups excluding carboxylic acids is 1. The van der Waals surface area contributed by atoms with Crippen molar-refractivity contribution in [3.63, 3.8) is 0 Å². The molecule has 0 radical (unpaired) electrons. The molecule has 1 aromatic rings. The van der Waals surface area contributed by atoms with E-state index in [1.807, 2.05) is 6.92 Å². The lowest BCUT2D eigenvalue weighted by atomic mass is 10.0. The Hall–Kier alpha value is -1.88. The number of ether oxygens (including phenoxy) is 1. The lowest BCUT2D eigenvalue weighted by Crippen LogP contribution is -2.34. The molecule has 0 saturated heterocycles. The topological polar surface area (TPSA) is 66.8 Å². The Labute approximate surface area is 112 Å². The molecule has 1 N–H and O–H groups in total. The van der Waals surface area contributed by atoms with E-state index < -0.39 is 5.97 Å². The van der Waals surface area contributed by atoms with Crippen LogP contribution >= 0.6 is 0 Å². The molecule has 0 spiro atoms. The molecule has 0 fully saturated rings. The molecular weight excluding hydrogens is 246 g/mol. The molecule has 0 bridgehead atoms. The number of amides is 1. The fourth-order valence-electron chi connectivity index (χ4n) is 1.79. The zero-order chi connectivity index (χ0) is 14.4. The molecule has 104 valence electrons. The van der Waals surface area contributed by atoms with Crippen molar-refractivity contribution in [3.05, 3.63) is 35.4 Å². The van der Waals surface area contributed by atoms with Crippen LogP contribution in [0.3, 0.4) is 0 Å². The van der Waals surface area contributed by atoms with Crippen molar-refractivity contribution in [1.82, 2.24) is 4.90 Å². The smallest absolute Gasteiger partial charge is 0.307 e. The number of carboxylic acids is 1. The van der Waals surface area contributed by atoms with Gasteiger partial charge in [0.2, 0.25) is 0 Å². The van der Waals surface area contributed by atoms with Crippen LogP contribution in [-0.2, 0) is 16.0 Å². The lowest BCUT2D eigenvalue weighted by molar-refractivity contribution is -0.136. The first kappa shape index (κ1) is 15.2. The van der Waals surface area contributed by atoms with Gasteiger partial charge in [0.05, 0.1) is 12.5 Å². The molecule has 5 heteroatoms. The maximum Gasteiger partial charge on any atom is 0.307 e. The third kappa shape index (κ3) is 4.37. The van der Waals surface area contributed by atoms with Gasteiger partial charge in [-0.2, -0.15) is 0 Å². The van der Waals surface area contributed by atoms with Crippen molar-refractivity contribution in [2.75, 3.05) is 20.7 Å². The van der Waals surface area contributed by atoms with Gasteiger partial charge in [0.25, 0.3) is 5.91 Å². The van der Waals surface area contributed by atoms with Gasteiger partial charge in [0.15, 0.2) is 0 Å². The zero-order valence-corrected chi connectivity index (χ0v) is 11.4. The average molecular weight is 265 g/mol. The summed E-state index contributed by atoms with van der Waals surface area (Å²) in [7, 11) is 3.26. The summed E-state index contributed by atoms with van der Waals surface area (Å²) in [6.45, 7) is 2.32. The van der Waals surface area contributed by atoms with Gasteiger partial charge < -0.3 is 14.7 Å². The number of aliphatic carboxylic acids is 1. The fraction of sp³-hybridized carbons (Fsp3) is 0.429. The summed E-state index contributed by atoms with van der Waals surface area (Å²) < 4.78 is 5.11. The van der Waals surface area contributed by atoms with Crippen LogP contribution in [0.4, 0.5) is 0 Å². The highest BCUT2D eigenvalue weighted by molar-refractivity contribution is 5.96. The van der Waals surface area contributed by atoms with E-state index in [1.54, 1.807) is 38.4 Å². The Balaban J connectivity index is 2.89. The molecule has 1 unspecified atom stereocenters. The summed E-state index contributed by atoms with van der Waals surface area (Å²) in [5.41, 5.74) is 0.952. The number of nitrogens with zero attached hydrogens (tertiary/aromatic N) is 1. The number of carboxylic acid groups (broad SMARTS) is 1. The van der Waals surface area contributed by atoms with E-state index in [0.717, 1.165) is 0 Å². The highest BCUT2D eigenvalue weighted by Crippen LogP contribution is 2.12. The highest BCUT2D eigenvalue weighted by Gasteiger charge is 2.18. The Morgan fingerprint density at radius 3 is 2.58 bits per heavy atom. The summed E-state index contributed by atoms with van der Waals surface area (Å²) in [6.07, 6.45) is -0.226.